The maximum absolute atomic E-state index is 4.44. The van der Waals surface area contributed by atoms with E-state index in [4.69, 9.17) is 0 Å². The number of nitrogens with zero attached hydrogens (tertiary/aromatic N) is 3. The second kappa shape index (κ2) is 5.67. The minimum atomic E-state index is 0.504. The zero-order valence-electron chi connectivity index (χ0n) is 10.7. The summed E-state index contributed by atoms with van der Waals surface area (Å²) in [4.78, 5) is 4.44. The maximum atomic E-state index is 4.44. The number of nitrogens with one attached hydrogen (secondary N) is 1. The first-order valence-electron chi connectivity index (χ1n) is 6.26. The average molecular weight is 252 g/mol. The van der Waals surface area contributed by atoms with Crippen LogP contribution in [-0.4, -0.2) is 32.2 Å². The zero-order chi connectivity index (χ0) is 12.3. The van der Waals surface area contributed by atoms with Gasteiger partial charge in [-0.3, -0.25) is 0 Å². The van der Waals surface area contributed by atoms with E-state index in [1.54, 1.807) is 0 Å². The number of thioether (sulfide) groups is 1. The number of rotatable bonds is 4. The number of aryl methyl sites for hydroxylation is 2. The molecule has 2 unspecified atom stereocenters. The predicted octanol–water partition coefficient (Wildman–Crippen LogP) is 2.57. The van der Waals surface area contributed by atoms with Crippen LogP contribution in [0.2, 0.25) is 0 Å². The highest BCUT2D eigenvalue weighted by Gasteiger charge is 2.27. The van der Waals surface area contributed by atoms with Crippen LogP contribution in [0.3, 0.4) is 0 Å². The van der Waals surface area contributed by atoms with Crippen molar-refractivity contribution in [2.45, 2.75) is 51.3 Å². The van der Waals surface area contributed by atoms with Crippen molar-refractivity contribution in [2.24, 2.45) is 0 Å². The second-order valence-electron chi connectivity index (χ2n) is 4.48. The number of hydrogen-bond donors (Lipinski definition) is 1. The molecule has 0 radical (unpaired) electrons. The van der Waals surface area contributed by atoms with Crippen LogP contribution in [0.15, 0.2) is 0 Å². The second-order valence-corrected chi connectivity index (χ2v) is 6.00. The molecule has 0 aliphatic heterocycles. The fraction of sp³-hybridized carbons (Fsp3) is 0.750. The largest absolute Gasteiger partial charge is 0.349 e. The van der Waals surface area contributed by atoms with E-state index >= 15 is 0 Å². The first-order chi connectivity index (χ1) is 8.20. The van der Waals surface area contributed by atoms with Crippen molar-refractivity contribution in [3.63, 3.8) is 0 Å². The summed E-state index contributed by atoms with van der Waals surface area (Å²) in [5.74, 6) is 1.86. The molecule has 0 amide bonds. The molecule has 2 rings (SSSR count). The molecule has 0 spiro atoms. The molecule has 1 aliphatic rings. The number of anilines is 1. The highest BCUT2D eigenvalue weighted by molar-refractivity contribution is 7.99. The van der Waals surface area contributed by atoms with Gasteiger partial charge in [0.25, 0.3) is 0 Å². The van der Waals surface area contributed by atoms with Gasteiger partial charge in [0.2, 0.25) is 5.95 Å². The summed E-state index contributed by atoms with van der Waals surface area (Å²) < 4.78 is 0. The van der Waals surface area contributed by atoms with E-state index in [9.17, 15) is 0 Å². The first kappa shape index (κ1) is 12.6. The van der Waals surface area contributed by atoms with Gasteiger partial charge in [0.1, 0.15) is 0 Å². The van der Waals surface area contributed by atoms with E-state index in [1.807, 2.05) is 25.6 Å². The molecule has 94 valence electrons. The van der Waals surface area contributed by atoms with Gasteiger partial charge in [-0.05, 0) is 32.4 Å². The zero-order valence-corrected chi connectivity index (χ0v) is 11.5. The molecule has 1 N–H and O–H groups in total. The fourth-order valence-electron chi connectivity index (χ4n) is 2.19. The highest BCUT2D eigenvalue weighted by atomic mass is 32.2. The van der Waals surface area contributed by atoms with E-state index in [-0.39, 0.29) is 0 Å². The van der Waals surface area contributed by atoms with Gasteiger partial charge in [-0.2, -0.15) is 16.9 Å². The lowest BCUT2D eigenvalue weighted by Gasteiger charge is -2.19. The molecule has 0 aromatic carbocycles. The molecule has 1 aromatic rings. The molecule has 1 heterocycles. The van der Waals surface area contributed by atoms with Crippen LogP contribution in [-0.2, 0) is 0 Å². The maximum Gasteiger partial charge on any atom is 0.243 e. The van der Waals surface area contributed by atoms with Gasteiger partial charge in [-0.25, -0.2) is 4.98 Å². The van der Waals surface area contributed by atoms with Gasteiger partial charge >= 0.3 is 0 Å². The Morgan fingerprint density at radius 2 is 2.06 bits per heavy atom. The van der Waals surface area contributed by atoms with Gasteiger partial charge in [0.05, 0.1) is 11.4 Å². The van der Waals surface area contributed by atoms with E-state index in [0.29, 0.717) is 17.2 Å². The first-order valence-corrected chi connectivity index (χ1v) is 7.31. The molecular formula is C12H20N4S. The highest BCUT2D eigenvalue weighted by Crippen LogP contribution is 2.31. The van der Waals surface area contributed by atoms with Crippen LogP contribution in [0.4, 0.5) is 5.95 Å². The fourth-order valence-corrected chi connectivity index (χ4v) is 3.39. The van der Waals surface area contributed by atoms with Crippen molar-refractivity contribution in [1.82, 2.24) is 15.2 Å². The molecule has 17 heavy (non-hydrogen) atoms. The van der Waals surface area contributed by atoms with Crippen LogP contribution in [0.25, 0.3) is 0 Å². The molecule has 0 saturated heterocycles. The number of aromatic nitrogens is 3. The molecule has 4 nitrogen and oxygen atoms in total. The van der Waals surface area contributed by atoms with E-state index < -0.39 is 0 Å². The van der Waals surface area contributed by atoms with Gasteiger partial charge in [0, 0.05) is 11.3 Å². The van der Waals surface area contributed by atoms with E-state index in [1.165, 1.54) is 25.0 Å². The Hall–Kier alpha value is -0.840. The van der Waals surface area contributed by atoms with Crippen molar-refractivity contribution >= 4 is 17.7 Å². The third kappa shape index (κ3) is 3.09. The lowest BCUT2D eigenvalue weighted by atomic mass is 10.2. The van der Waals surface area contributed by atoms with Gasteiger partial charge in [0.15, 0.2) is 0 Å². The van der Waals surface area contributed by atoms with Crippen LogP contribution < -0.4 is 5.32 Å². The Morgan fingerprint density at radius 1 is 1.24 bits per heavy atom. The Labute approximate surface area is 107 Å². The lowest BCUT2D eigenvalue weighted by molar-refractivity contribution is 0.743. The van der Waals surface area contributed by atoms with Crippen molar-refractivity contribution in [1.29, 1.82) is 0 Å². The minimum Gasteiger partial charge on any atom is -0.349 e. The summed E-state index contributed by atoms with van der Waals surface area (Å²) in [6.07, 6.45) is 3.82. The van der Waals surface area contributed by atoms with Crippen LogP contribution in [0, 0.1) is 13.8 Å². The molecule has 1 fully saturated rings. The number of hydrogen-bond acceptors (Lipinski definition) is 5. The Morgan fingerprint density at radius 3 is 2.76 bits per heavy atom. The Balaban J connectivity index is 2.02. The minimum absolute atomic E-state index is 0.504. The molecule has 2 atom stereocenters. The summed E-state index contributed by atoms with van der Waals surface area (Å²) >= 11 is 2.04. The average Bonchev–Trinajstić information content (AvgIpc) is 2.72. The van der Waals surface area contributed by atoms with Crippen LogP contribution >= 0.6 is 11.8 Å². The summed E-state index contributed by atoms with van der Waals surface area (Å²) in [6.45, 7) is 6.13. The van der Waals surface area contributed by atoms with Gasteiger partial charge < -0.3 is 5.32 Å². The summed E-state index contributed by atoms with van der Waals surface area (Å²) in [6, 6.07) is 0.504. The van der Waals surface area contributed by atoms with Crippen molar-refractivity contribution in [2.75, 3.05) is 11.1 Å². The van der Waals surface area contributed by atoms with Crippen molar-refractivity contribution in [3.8, 4) is 0 Å². The third-order valence-electron chi connectivity index (χ3n) is 3.24. The van der Waals surface area contributed by atoms with E-state index in [2.05, 4.69) is 27.4 Å². The monoisotopic (exact) mass is 252 g/mol. The normalized spacial score (nSPS) is 23.9. The topological polar surface area (TPSA) is 50.7 Å². The van der Waals surface area contributed by atoms with Crippen LogP contribution in [0.5, 0.6) is 0 Å². The predicted molar refractivity (Wildman–Crippen MR) is 72.5 cm³/mol. The Bertz CT molecular complexity index is 383. The van der Waals surface area contributed by atoms with Gasteiger partial charge in [-0.1, -0.05) is 13.3 Å². The molecular weight excluding hydrogens is 232 g/mol. The SMILES string of the molecule is CCSC1CCCC1Nc1nnc(C)c(C)n1. The summed E-state index contributed by atoms with van der Waals surface area (Å²) in [5, 5.41) is 12.4. The standard InChI is InChI=1S/C12H20N4S/c1-4-17-11-7-5-6-10(11)14-12-13-8(2)9(3)15-16-12/h10-11H,4-7H2,1-3H3,(H,13,14,16). The van der Waals surface area contributed by atoms with E-state index in [0.717, 1.165) is 11.4 Å². The smallest absolute Gasteiger partial charge is 0.243 e. The van der Waals surface area contributed by atoms with Gasteiger partial charge in [-0.15, -0.1) is 5.10 Å². The van der Waals surface area contributed by atoms with Crippen molar-refractivity contribution < 1.29 is 0 Å². The quantitative estimate of drug-likeness (QED) is 0.892. The molecule has 0 bridgehead atoms. The summed E-state index contributed by atoms with van der Waals surface area (Å²) in [7, 11) is 0. The van der Waals surface area contributed by atoms with Crippen LogP contribution in [0.1, 0.15) is 37.6 Å². The molecule has 1 aliphatic carbocycles. The lowest BCUT2D eigenvalue weighted by Crippen LogP contribution is -2.27. The molecule has 1 saturated carbocycles. The molecule has 1 aromatic heterocycles. The molecule has 5 heteroatoms. The summed E-state index contributed by atoms with van der Waals surface area (Å²) in [5.41, 5.74) is 1.86. The van der Waals surface area contributed by atoms with Crippen molar-refractivity contribution in [3.05, 3.63) is 11.4 Å². The Kier molecular flexibility index (Phi) is 4.20. The third-order valence-corrected chi connectivity index (χ3v) is 4.57.